The number of β-lactam (4-membered cyclic amide) rings is 1. The second-order valence-corrected chi connectivity index (χ2v) is 9.62. The number of aliphatic carboxylic acids is 1. The molecule has 0 aliphatic carbocycles. The van der Waals surface area contributed by atoms with E-state index in [1.54, 1.807) is 29.1 Å². The second-order valence-electron chi connectivity index (χ2n) is 7.62. The maximum atomic E-state index is 12.9. The zero-order chi connectivity index (χ0) is 25.4. The lowest BCUT2D eigenvalue weighted by molar-refractivity contribution is -0.689. The van der Waals surface area contributed by atoms with Crippen molar-refractivity contribution in [3.05, 3.63) is 53.3 Å². The number of nitrogens with zero attached hydrogens (tertiary/aromatic N) is 6. The minimum atomic E-state index is -1.49. The zero-order valence-electron chi connectivity index (χ0n) is 18.1. The number of carbonyl (C=O) groups is 3. The van der Waals surface area contributed by atoms with Crippen molar-refractivity contribution < 1.29 is 33.7 Å². The number of nitrogens with two attached hydrogens (primary N) is 1. The van der Waals surface area contributed by atoms with E-state index in [2.05, 4.69) is 25.7 Å². The zero-order valence-corrected chi connectivity index (χ0v) is 19.7. The number of carbonyl (C=O) groups excluding carboxylic acids is 3. The highest BCUT2D eigenvalue weighted by Gasteiger charge is 2.53. The first-order chi connectivity index (χ1) is 17.4. The highest BCUT2D eigenvalue weighted by molar-refractivity contribution is 8.00. The number of nitrogen functional groups attached to an aromatic ring is 1. The van der Waals surface area contributed by atoms with Gasteiger partial charge in [-0.15, -0.1) is 33.3 Å². The van der Waals surface area contributed by atoms with Crippen molar-refractivity contribution in [3.63, 3.8) is 0 Å². The largest absolute Gasteiger partial charge is 0.543 e. The lowest BCUT2D eigenvalue weighted by Crippen LogP contribution is -2.71. The summed E-state index contributed by atoms with van der Waals surface area (Å²) in [7, 11) is 0. The summed E-state index contributed by atoms with van der Waals surface area (Å²) in [5.41, 5.74) is 6.14. The van der Waals surface area contributed by atoms with Gasteiger partial charge in [0.2, 0.25) is 12.3 Å². The minimum Gasteiger partial charge on any atom is -0.543 e. The predicted octanol–water partition coefficient (Wildman–Crippen LogP) is -1.65. The molecule has 2 atom stereocenters. The number of hydrogen-bond acceptors (Lipinski definition) is 13. The average Bonchev–Trinajstić information content (AvgIpc) is 3.55. The van der Waals surface area contributed by atoms with Gasteiger partial charge in [0, 0.05) is 28.8 Å². The molecule has 0 bridgehead atoms. The van der Waals surface area contributed by atoms with E-state index < -0.39 is 34.9 Å². The van der Waals surface area contributed by atoms with Crippen LogP contribution in [0.4, 0.5) is 5.13 Å². The Morgan fingerprint density at radius 1 is 1.39 bits per heavy atom. The van der Waals surface area contributed by atoms with Crippen LogP contribution in [0.15, 0.2) is 57.1 Å². The maximum absolute atomic E-state index is 12.9. The van der Waals surface area contributed by atoms with E-state index in [-0.39, 0.29) is 28.8 Å². The standard InChI is InChI=1S/C20H16N8O6S2/c21-20-23-11(7-36-20)12(26-33)15(29)24-13-17(30)28-14(19(31)32)10(6-35-18(13)28)5-27-3-1-9(2-4-27)16-25-22-8-34-16/h1-4,7-8,13,18H,5-6H2,(H4-,21,23,24,29,31,32,33)/t13-,18+/m1/s1. The molecular formula is C20H16N8O6S2. The van der Waals surface area contributed by atoms with Crippen LogP contribution < -0.4 is 20.7 Å². The molecule has 2 aliphatic heterocycles. The Bertz CT molecular complexity index is 1400. The molecule has 5 rings (SSSR count). The molecule has 5 heterocycles. The van der Waals surface area contributed by atoms with Gasteiger partial charge in [0.25, 0.3) is 11.8 Å². The Kier molecular flexibility index (Phi) is 6.11. The van der Waals surface area contributed by atoms with Gasteiger partial charge in [0.1, 0.15) is 17.1 Å². The number of carboxylic acid groups (broad SMARTS) is 1. The monoisotopic (exact) mass is 528 g/mol. The summed E-state index contributed by atoms with van der Waals surface area (Å²) in [4.78, 5) is 42.5. The lowest BCUT2D eigenvalue weighted by atomic mass is 10.0. The van der Waals surface area contributed by atoms with E-state index in [1.165, 1.54) is 23.5 Å². The number of amides is 2. The third-order valence-electron chi connectivity index (χ3n) is 5.48. The first-order valence-electron chi connectivity index (χ1n) is 10.3. The summed E-state index contributed by atoms with van der Waals surface area (Å²) in [5, 5.41) is 35.1. The number of rotatable bonds is 7. The van der Waals surface area contributed by atoms with Crippen molar-refractivity contribution in [1.29, 1.82) is 0 Å². The molecule has 2 amide bonds. The van der Waals surface area contributed by atoms with Gasteiger partial charge in [-0.05, 0) is 0 Å². The second kappa shape index (κ2) is 9.38. The number of nitrogens with one attached hydrogen (secondary N) is 1. The third kappa shape index (κ3) is 4.16. The van der Waals surface area contributed by atoms with Crippen molar-refractivity contribution in [3.8, 4) is 11.5 Å². The lowest BCUT2D eigenvalue weighted by Gasteiger charge is -2.50. The number of hydrogen-bond donors (Lipinski definition) is 3. The number of thioether (sulfide) groups is 1. The topological polar surface area (TPSA) is 204 Å². The number of oxime groups is 1. The van der Waals surface area contributed by atoms with Crippen molar-refractivity contribution in [2.24, 2.45) is 5.16 Å². The van der Waals surface area contributed by atoms with Crippen LogP contribution >= 0.6 is 23.1 Å². The molecule has 4 N–H and O–H groups in total. The molecule has 1 fully saturated rings. The van der Waals surface area contributed by atoms with E-state index in [4.69, 9.17) is 10.2 Å². The quantitative estimate of drug-likeness (QED) is 0.104. The Morgan fingerprint density at radius 3 is 2.78 bits per heavy atom. The van der Waals surface area contributed by atoms with Gasteiger partial charge in [-0.2, -0.15) is 0 Å². The van der Waals surface area contributed by atoms with Crippen LogP contribution in [0.1, 0.15) is 5.69 Å². The maximum Gasteiger partial charge on any atom is 0.276 e. The van der Waals surface area contributed by atoms with Crippen LogP contribution in [0, 0.1) is 0 Å². The number of fused-ring (bicyclic) bond motifs is 1. The van der Waals surface area contributed by atoms with E-state index in [0.717, 1.165) is 16.2 Å². The smallest absolute Gasteiger partial charge is 0.276 e. The molecule has 0 radical (unpaired) electrons. The third-order valence-corrected chi connectivity index (χ3v) is 7.49. The number of pyridine rings is 1. The van der Waals surface area contributed by atoms with E-state index >= 15 is 0 Å². The Morgan fingerprint density at radius 2 is 2.17 bits per heavy atom. The van der Waals surface area contributed by atoms with E-state index in [9.17, 15) is 24.7 Å². The molecule has 16 heteroatoms. The molecule has 0 saturated carbocycles. The minimum absolute atomic E-state index is 0.0529. The normalized spacial score (nSPS) is 19.6. The van der Waals surface area contributed by atoms with Crippen molar-refractivity contribution in [1.82, 2.24) is 25.4 Å². The Balaban J connectivity index is 1.32. The first-order valence-corrected chi connectivity index (χ1v) is 12.2. The van der Waals surface area contributed by atoms with Gasteiger partial charge in [0.15, 0.2) is 29.8 Å². The molecule has 1 saturated heterocycles. The fourth-order valence-corrected chi connectivity index (χ4v) is 5.72. The van der Waals surface area contributed by atoms with Crippen LogP contribution in [0.2, 0.25) is 0 Å². The molecule has 0 unspecified atom stereocenters. The van der Waals surface area contributed by atoms with Crippen molar-refractivity contribution >= 4 is 51.7 Å². The molecule has 184 valence electrons. The molecule has 0 aromatic carbocycles. The first kappa shape index (κ1) is 23.4. The fourth-order valence-electron chi connectivity index (χ4n) is 3.84. The number of thiazole rings is 1. The molecule has 0 spiro atoms. The molecule has 3 aromatic rings. The number of carboxylic acids is 1. The van der Waals surface area contributed by atoms with E-state index in [0.29, 0.717) is 17.0 Å². The summed E-state index contributed by atoms with van der Waals surface area (Å²) in [6.07, 6.45) is 4.66. The van der Waals surface area contributed by atoms with Gasteiger partial charge in [0.05, 0.1) is 17.2 Å². The molecule has 3 aromatic heterocycles. The molecule has 36 heavy (non-hydrogen) atoms. The van der Waals surface area contributed by atoms with Gasteiger partial charge < -0.3 is 30.6 Å². The summed E-state index contributed by atoms with van der Waals surface area (Å²) in [6.45, 7) is 0.195. The summed E-state index contributed by atoms with van der Waals surface area (Å²) in [5.74, 6) is -2.33. The molecule has 2 aliphatic rings. The van der Waals surface area contributed by atoms with Crippen LogP contribution in [-0.2, 0) is 20.9 Å². The Labute approximate surface area is 210 Å². The van der Waals surface area contributed by atoms with Gasteiger partial charge in [-0.1, -0.05) is 5.16 Å². The van der Waals surface area contributed by atoms with Crippen LogP contribution in [0.5, 0.6) is 0 Å². The number of aromatic nitrogens is 4. The predicted molar refractivity (Wildman–Crippen MR) is 122 cm³/mol. The molecular weight excluding hydrogens is 512 g/mol. The summed E-state index contributed by atoms with van der Waals surface area (Å²) >= 11 is 2.35. The van der Waals surface area contributed by atoms with Crippen LogP contribution in [-0.4, -0.2) is 66.0 Å². The van der Waals surface area contributed by atoms with E-state index in [1.807, 2.05) is 0 Å². The van der Waals surface area contributed by atoms with Crippen LogP contribution in [0.25, 0.3) is 11.5 Å². The van der Waals surface area contributed by atoms with Gasteiger partial charge in [-0.3, -0.25) is 14.5 Å². The summed E-state index contributed by atoms with van der Waals surface area (Å²) < 4.78 is 6.90. The highest BCUT2D eigenvalue weighted by Crippen LogP contribution is 2.40. The average molecular weight is 529 g/mol. The van der Waals surface area contributed by atoms with Crippen molar-refractivity contribution in [2.45, 2.75) is 18.0 Å². The Hall–Kier alpha value is -4.31. The van der Waals surface area contributed by atoms with Crippen molar-refractivity contribution in [2.75, 3.05) is 11.5 Å². The SMILES string of the molecule is Nc1nc(C(=NO)C(=O)N[C@@H]2C(=O)N3C(C(=O)[O-])=C(C[n+]4ccc(-c5nnco5)cc4)CS[C@@H]23)cs1. The van der Waals surface area contributed by atoms with Gasteiger partial charge in [-0.25, -0.2) is 9.55 Å². The summed E-state index contributed by atoms with van der Waals surface area (Å²) in [6, 6.07) is 2.46. The number of anilines is 1. The van der Waals surface area contributed by atoms with Crippen LogP contribution in [0.3, 0.4) is 0 Å². The highest BCUT2D eigenvalue weighted by atomic mass is 32.2. The molecule has 14 nitrogen and oxygen atoms in total. The fraction of sp³-hybridized carbons (Fsp3) is 0.200. The van der Waals surface area contributed by atoms with Gasteiger partial charge >= 0.3 is 0 Å².